The van der Waals surface area contributed by atoms with Gasteiger partial charge in [0.2, 0.25) is 5.91 Å². The third kappa shape index (κ3) is 5.34. The first kappa shape index (κ1) is 16.8. The van der Waals surface area contributed by atoms with E-state index < -0.39 is 0 Å². The van der Waals surface area contributed by atoms with Gasteiger partial charge in [0.25, 0.3) is 0 Å². The Morgan fingerprint density at radius 3 is 2.50 bits per heavy atom. The summed E-state index contributed by atoms with van der Waals surface area (Å²) in [6.07, 6.45) is 7.46. The van der Waals surface area contributed by atoms with Crippen LogP contribution >= 0.6 is 0 Å². The standard InChI is InChI=1S/C18H28N2O2/c19-18(22)6-2-5-16-7-9-17(10-8-16)20(13-14-21)12-11-15-3-1-4-15/h7-10,15,21H,1-6,11-14H2,(H2,19,22). The molecule has 2 rings (SSSR count). The van der Waals surface area contributed by atoms with E-state index in [1.54, 1.807) is 0 Å². The maximum atomic E-state index is 10.8. The van der Waals surface area contributed by atoms with Crippen molar-refractivity contribution in [3.8, 4) is 0 Å². The van der Waals surface area contributed by atoms with Crippen molar-refractivity contribution in [2.75, 3.05) is 24.6 Å². The molecule has 4 heteroatoms. The molecule has 0 heterocycles. The molecule has 1 aliphatic carbocycles. The van der Waals surface area contributed by atoms with Crippen LogP contribution in [-0.4, -0.2) is 30.7 Å². The molecule has 0 aliphatic heterocycles. The Kier molecular flexibility index (Phi) is 6.72. The Labute approximate surface area is 133 Å². The SMILES string of the molecule is NC(=O)CCCc1ccc(N(CCO)CCC2CCC2)cc1. The third-order valence-corrected chi connectivity index (χ3v) is 4.59. The number of benzene rings is 1. The summed E-state index contributed by atoms with van der Waals surface area (Å²) in [4.78, 5) is 13.0. The predicted molar refractivity (Wildman–Crippen MR) is 89.8 cm³/mol. The van der Waals surface area contributed by atoms with Gasteiger partial charge in [-0.15, -0.1) is 0 Å². The van der Waals surface area contributed by atoms with Gasteiger partial charge in [-0.25, -0.2) is 0 Å². The van der Waals surface area contributed by atoms with E-state index in [1.807, 2.05) is 0 Å². The van der Waals surface area contributed by atoms with Crippen LogP contribution in [0.3, 0.4) is 0 Å². The van der Waals surface area contributed by atoms with Gasteiger partial charge >= 0.3 is 0 Å². The summed E-state index contributed by atoms with van der Waals surface area (Å²) in [6, 6.07) is 8.47. The van der Waals surface area contributed by atoms with Crippen LogP contribution in [0.5, 0.6) is 0 Å². The molecule has 1 aromatic carbocycles. The van der Waals surface area contributed by atoms with Crippen molar-refractivity contribution in [2.24, 2.45) is 11.7 Å². The van der Waals surface area contributed by atoms with E-state index in [9.17, 15) is 9.90 Å². The molecular weight excluding hydrogens is 276 g/mol. The first-order chi connectivity index (χ1) is 10.7. The molecule has 1 fully saturated rings. The third-order valence-electron chi connectivity index (χ3n) is 4.59. The monoisotopic (exact) mass is 304 g/mol. The highest BCUT2D eigenvalue weighted by Crippen LogP contribution is 2.30. The average molecular weight is 304 g/mol. The maximum absolute atomic E-state index is 10.8. The second-order valence-electron chi connectivity index (χ2n) is 6.28. The highest BCUT2D eigenvalue weighted by molar-refractivity contribution is 5.73. The van der Waals surface area contributed by atoms with Gasteiger partial charge in [0.05, 0.1) is 6.61 Å². The van der Waals surface area contributed by atoms with Gasteiger partial charge < -0.3 is 15.7 Å². The summed E-state index contributed by atoms with van der Waals surface area (Å²) < 4.78 is 0. The number of primary amides is 1. The van der Waals surface area contributed by atoms with Crippen molar-refractivity contribution in [3.63, 3.8) is 0 Å². The number of aryl methyl sites for hydroxylation is 1. The van der Waals surface area contributed by atoms with Crippen LogP contribution in [0.15, 0.2) is 24.3 Å². The largest absolute Gasteiger partial charge is 0.395 e. The zero-order valence-corrected chi connectivity index (χ0v) is 13.3. The van der Waals surface area contributed by atoms with E-state index in [-0.39, 0.29) is 12.5 Å². The highest BCUT2D eigenvalue weighted by atomic mass is 16.3. The lowest BCUT2D eigenvalue weighted by molar-refractivity contribution is -0.118. The number of aliphatic hydroxyl groups excluding tert-OH is 1. The fourth-order valence-corrected chi connectivity index (χ4v) is 2.95. The number of aliphatic hydroxyl groups is 1. The van der Waals surface area contributed by atoms with Crippen LogP contribution in [-0.2, 0) is 11.2 Å². The van der Waals surface area contributed by atoms with Crippen LogP contribution in [0.1, 0.15) is 44.1 Å². The molecule has 122 valence electrons. The number of amides is 1. The molecule has 1 saturated carbocycles. The number of rotatable bonds is 10. The van der Waals surface area contributed by atoms with E-state index in [2.05, 4.69) is 29.2 Å². The van der Waals surface area contributed by atoms with E-state index in [0.29, 0.717) is 13.0 Å². The molecule has 0 radical (unpaired) electrons. The van der Waals surface area contributed by atoms with Crippen LogP contribution in [0, 0.1) is 5.92 Å². The van der Waals surface area contributed by atoms with Gasteiger partial charge in [-0.3, -0.25) is 4.79 Å². The minimum Gasteiger partial charge on any atom is -0.395 e. The number of anilines is 1. The van der Waals surface area contributed by atoms with Crippen LogP contribution < -0.4 is 10.6 Å². The van der Waals surface area contributed by atoms with Crippen LogP contribution in [0.4, 0.5) is 5.69 Å². The second kappa shape index (κ2) is 8.79. The van der Waals surface area contributed by atoms with Gasteiger partial charge in [0.15, 0.2) is 0 Å². The Bertz CT molecular complexity index is 455. The Balaban J connectivity index is 1.85. The summed E-state index contributed by atoms with van der Waals surface area (Å²) in [7, 11) is 0. The molecule has 4 nitrogen and oxygen atoms in total. The van der Waals surface area contributed by atoms with Crippen molar-refractivity contribution in [1.29, 1.82) is 0 Å². The van der Waals surface area contributed by atoms with Crippen LogP contribution in [0.2, 0.25) is 0 Å². The number of carbonyl (C=O) groups is 1. The molecule has 1 amide bonds. The Morgan fingerprint density at radius 2 is 1.95 bits per heavy atom. The molecular formula is C18H28N2O2. The molecule has 22 heavy (non-hydrogen) atoms. The molecule has 0 spiro atoms. The molecule has 1 aliphatic rings. The van der Waals surface area contributed by atoms with Crippen molar-refractivity contribution in [3.05, 3.63) is 29.8 Å². The van der Waals surface area contributed by atoms with Crippen molar-refractivity contribution in [2.45, 2.75) is 44.9 Å². The summed E-state index contributed by atoms with van der Waals surface area (Å²) >= 11 is 0. The van der Waals surface area contributed by atoms with Crippen molar-refractivity contribution in [1.82, 2.24) is 0 Å². The Morgan fingerprint density at radius 1 is 1.23 bits per heavy atom. The predicted octanol–water partition coefficient (Wildman–Crippen LogP) is 2.48. The second-order valence-corrected chi connectivity index (χ2v) is 6.28. The van der Waals surface area contributed by atoms with Gasteiger partial charge in [-0.2, -0.15) is 0 Å². The van der Waals surface area contributed by atoms with Crippen molar-refractivity contribution >= 4 is 11.6 Å². The maximum Gasteiger partial charge on any atom is 0.217 e. The summed E-state index contributed by atoms with van der Waals surface area (Å²) in [5.74, 6) is 0.649. The van der Waals surface area contributed by atoms with E-state index in [0.717, 1.165) is 25.3 Å². The van der Waals surface area contributed by atoms with E-state index >= 15 is 0 Å². The average Bonchev–Trinajstić information content (AvgIpc) is 2.45. The molecule has 0 unspecified atom stereocenters. The zero-order chi connectivity index (χ0) is 15.8. The smallest absolute Gasteiger partial charge is 0.217 e. The van der Waals surface area contributed by atoms with Gasteiger partial charge in [-0.05, 0) is 42.9 Å². The molecule has 0 bridgehead atoms. The number of carbonyl (C=O) groups excluding carboxylic acids is 1. The summed E-state index contributed by atoms with van der Waals surface area (Å²) in [6.45, 7) is 1.89. The lowest BCUT2D eigenvalue weighted by Gasteiger charge is -2.30. The molecule has 0 saturated heterocycles. The Hall–Kier alpha value is -1.55. The summed E-state index contributed by atoms with van der Waals surface area (Å²) in [5.41, 5.74) is 7.56. The van der Waals surface area contributed by atoms with Crippen molar-refractivity contribution < 1.29 is 9.90 Å². The molecule has 3 N–H and O–H groups in total. The normalized spacial score (nSPS) is 14.6. The fraction of sp³-hybridized carbons (Fsp3) is 0.611. The lowest BCUT2D eigenvalue weighted by atomic mass is 9.83. The first-order valence-corrected chi connectivity index (χ1v) is 8.42. The number of nitrogens with two attached hydrogens (primary N) is 1. The van der Waals surface area contributed by atoms with Gasteiger partial charge in [-0.1, -0.05) is 31.4 Å². The quantitative estimate of drug-likeness (QED) is 0.698. The van der Waals surface area contributed by atoms with E-state index in [4.69, 9.17) is 5.73 Å². The lowest BCUT2D eigenvalue weighted by Crippen LogP contribution is -2.30. The van der Waals surface area contributed by atoms with E-state index in [1.165, 1.54) is 36.9 Å². The van der Waals surface area contributed by atoms with Gasteiger partial charge in [0.1, 0.15) is 0 Å². The van der Waals surface area contributed by atoms with Crippen LogP contribution in [0.25, 0.3) is 0 Å². The summed E-state index contributed by atoms with van der Waals surface area (Å²) in [5, 5.41) is 9.27. The highest BCUT2D eigenvalue weighted by Gasteiger charge is 2.18. The number of hydrogen-bond donors (Lipinski definition) is 2. The molecule has 1 aromatic rings. The zero-order valence-electron chi connectivity index (χ0n) is 13.3. The molecule has 0 atom stereocenters. The van der Waals surface area contributed by atoms with Gasteiger partial charge in [0, 0.05) is 25.2 Å². The number of nitrogens with zero attached hydrogens (tertiary/aromatic N) is 1. The topological polar surface area (TPSA) is 66.6 Å². The number of hydrogen-bond acceptors (Lipinski definition) is 3. The minimum absolute atomic E-state index is 0.186. The molecule has 0 aromatic heterocycles. The minimum atomic E-state index is -0.235. The first-order valence-electron chi connectivity index (χ1n) is 8.42. The fourth-order valence-electron chi connectivity index (χ4n) is 2.95.